The highest BCUT2D eigenvalue weighted by Crippen LogP contribution is 2.32. The molecule has 0 radical (unpaired) electrons. The second-order valence-electron chi connectivity index (χ2n) is 6.96. The standard InChI is InChI=1S/C17H25N5O3/c1-20-6-8-21(9-7-20)15(23)14-12-18-16(19-13-14)22-4-2-17(3-5-22)24-10-11-25-17/h12-13H,2-11H2,1H3. The molecule has 3 aliphatic heterocycles. The van der Waals surface area contributed by atoms with Gasteiger partial charge in [-0.2, -0.15) is 0 Å². The van der Waals surface area contributed by atoms with E-state index in [9.17, 15) is 4.79 Å². The van der Waals surface area contributed by atoms with Crippen molar-refractivity contribution in [3.05, 3.63) is 18.0 Å². The lowest BCUT2D eigenvalue weighted by Crippen LogP contribution is -2.47. The number of amides is 1. The van der Waals surface area contributed by atoms with Gasteiger partial charge in [0.25, 0.3) is 5.91 Å². The quantitative estimate of drug-likeness (QED) is 0.757. The Morgan fingerprint density at radius 2 is 1.60 bits per heavy atom. The number of likely N-dealkylation sites (N-methyl/N-ethyl adjacent to an activating group) is 1. The van der Waals surface area contributed by atoms with E-state index >= 15 is 0 Å². The van der Waals surface area contributed by atoms with E-state index in [0.717, 1.165) is 52.1 Å². The van der Waals surface area contributed by atoms with E-state index in [2.05, 4.69) is 26.8 Å². The summed E-state index contributed by atoms with van der Waals surface area (Å²) in [4.78, 5) is 27.6. The molecule has 1 aromatic heterocycles. The van der Waals surface area contributed by atoms with Gasteiger partial charge in [-0.15, -0.1) is 0 Å². The van der Waals surface area contributed by atoms with Gasteiger partial charge in [0.1, 0.15) is 0 Å². The summed E-state index contributed by atoms with van der Waals surface area (Å²) in [6.07, 6.45) is 4.93. The SMILES string of the molecule is CN1CCN(C(=O)c2cnc(N3CCC4(CC3)OCCO4)nc2)CC1. The fourth-order valence-electron chi connectivity index (χ4n) is 3.62. The van der Waals surface area contributed by atoms with E-state index in [1.165, 1.54) is 0 Å². The van der Waals surface area contributed by atoms with Gasteiger partial charge < -0.3 is 24.2 Å². The van der Waals surface area contributed by atoms with Gasteiger partial charge in [0.2, 0.25) is 5.95 Å². The van der Waals surface area contributed by atoms with Crippen molar-refractivity contribution in [2.24, 2.45) is 0 Å². The summed E-state index contributed by atoms with van der Waals surface area (Å²) in [7, 11) is 2.07. The summed E-state index contributed by atoms with van der Waals surface area (Å²) < 4.78 is 11.5. The molecule has 0 aromatic carbocycles. The number of anilines is 1. The van der Waals surface area contributed by atoms with Crippen molar-refractivity contribution in [3.63, 3.8) is 0 Å². The molecule has 3 saturated heterocycles. The molecule has 4 rings (SSSR count). The van der Waals surface area contributed by atoms with Crippen molar-refractivity contribution in [2.75, 3.05) is 64.4 Å². The Bertz CT molecular complexity index is 599. The Morgan fingerprint density at radius 1 is 1.00 bits per heavy atom. The van der Waals surface area contributed by atoms with Crippen LogP contribution in [0.1, 0.15) is 23.2 Å². The molecule has 1 amide bonds. The third-order valence-electron chi connectivity index (χ3n) is 5.30. The fraction of sp³-hybridized carbons (Fsp3) is 0.706. The van der Waals surface area contributed by atoms with E-state index in [-0.39, 0.29) is 5.91 Å². The van der Waals surface area contributed by atoms with Crippen molar-refractivity contribution in [2.45, 2.75) is 18.6 Å². The average Bonchev–Trinajstić information content (AvgIpc) is 3.11. The molecule has 0 saturated carbocycles. The monoisotopic (exact) mass is 347 g/mol. The third-order valence-corrected chi connectivity index (χ3v) is 5.30. The predicted octanol–water partition coefficient (Wildman–Crippen LogP) is 0.208. The zero-order valence-electron chi connectivity index (χ0n) is 14.7. The van der Waals surface area contributed by atoms with Crippen LogP contribution < -0.4 is 4.90 Å². The van der Waals surface area contributed by atoms with E-state index < -0.39 is 5.79 Å². The molecule has 3 aliphatic rings. The molecule has 0 atom stereocenters. The lowest BCUT2D eigenvalue weighted by molar-refractivity contribution is -0.169. The molecular weight excluding hydrogens is 322 g/mol. The predicted molar refractivity (Wildman–Crippen MR) is 91.5 cm³/mol. The van der Waals surface area contributed by atoms with Crippen LogP contribution in [0.2, 0.25) is 0 Å². The van der Waals surface area contributed by atoms with Crippen molar-refractivity contribution >= 4 is 11.9 Å². The van der Waals surface area contributed by atoms with Crippen LogP contribution in [0.15, 0.2) is 12.4 Å². The Morgan fingerprint density at radius 3 is 2.20 bits per heavy atom. The smallest absolute Gasteiger partial charge is 0.257 e. The van der Waals surface area contributed by atoms with E-state index in [1.54, 1.807) is 12.4 Å². The van der Waals surface area contributed by atoms with Gasteiger partial charge in [-0.1, -0.05) is 0 Å². The van der Waals surface area contributed by atoms with E-state index in [1.807, 2.05) is 4.90 Å². The molecule has 8 heteroatoms. The first-order valence-corrected chi connectivity index (χ1v) is 8.98. The molecule has 136 valence electrons. The van der Waals surface area contributed by atoms with Gasteiger partial charge in [-0.05, 0) is 7.05 Å². The number of hydrogen-bond donors (Lipinski definition) is 0. The molecule has 0 aliphatic carbocycles. The number of piperazine rings is 1. The molecule has 0 bridgehead atoms. The molecule has 1 spiro atoms. The van der Waals surface area contributed by atoms with Crippen LogP contribution in [-0.4, -0.2) is 91.0 Å². The Hall–Kier alpha value is -1.77. The van der Waals surface area contributed by atoms with Gasteiger partial charge >= 0.3 is 0 Å². The highest BCUT2D eigenvalue weighted by Gasteiger charge is 2.40. The largest absolute Gasteiger partial charge is 0.347 e. The number of ether oxygens (including phenoxy) is 2. The summed E-state index contributed by atoms with van der Waals surface area (Å²) in [6.45, 7) is 6.28. The molecule has 8 nitrogen and oxygen atoms in total. The van der Waals surface area contributed by atoms with Gasteiger partial charge in [-0.25, -0.2) is 9.97 Å². The van der Waals surface area contributed by atoms with Crippen LogP contribution >= 0.6 is 0 Å². The molecule has 4 heterocycles. The minimum atomic E-state index is -0.395. The average molecular weight is 347 g/mol. The number of carbonyl (C=O) groups excluding carboxylic acids is 1. The minimum Gasteiger partial charge on any atom is -0.347 e. The molecule has 0 N–H and O–H groups in total. The Labute approximate surface area is 147 Å². The lowest BCUT2D eigenvalue weighted by atomic mass is 10.0. The number of nitrogens with zero attached hydrogens (tertiary/aromatic N) is 5. The first-order valence-electron chi connectivity index (χ1n) is 8.98. The maximum absolute atomic E-state index is 12.5. The van der Waals surface area contributed by atoms with E-state index in [0.29, 0.717) is 24.7 Å². The number of carbonyl (C=O) groups is 1. The zero-order chi connectivity index (χ0) is 17.3. The topological polar surface area (TPSA) is 71.0 Å². The van der Waals surface area contributed by atoms with Crippen molar-refractivity contribution < 1.29 is 14.3 Å². The first-order chi connectivity index (χ1) is 12.2. The molecule has 3 fully saturated rings. The summed E-state index contributed by atoms with van der Waals surface area (Å²) in [5, 5.41) is 0. The highest BCUT2D eigenvalue weighted by molar-refractivity contribution is 5.93. The van der Waals surface area contributed by atoms with Crippen LogP contribution in [-0.2, 0) is 9.47 Å². The van der Waals surface area contributed by atoms with Gasteiger partial charge in [0.15, 0.2) is 5.79 Å². The van der Waals surface area contributed by atoms with E-state index in [4.69, 9.17) is 9.47 Å². The minimum absolute atomic E-state index is 0.0185. The van der Waals surface area contributed by atoms with Crippen LogP contribution in [0.5, 0.6) is 0 Å². The maximum Gasteiger partial charge on any atom is 0.257 e. The third kappa shape index (κ3) is 3.47. The number of piperidine rings is 1. The maximum atomic E-state index is 12.5. The van der Waals surface area contributed by atoms with Crippen molar-refractivity contribution in [1.82, 2.24) is 19.8 Å². The molecule has 0 unspecified atom stereocenters. The second-order valence-corrected chi connectivity index (χ2v) is 6.96. The van der Waals surface area contributed by atoms with Crippen LogP contribution in [0, 0.1) is 0 Å². The first kappa shape index (κ1) is 16.7. The second kappa shape index (κ2) is 6.86. The van der Waals surface area contributed by atoms with Gasteiger partial charge in [0, 0.05) is 64.5 Å². The Kier molecular flexibility index (Phi) is 4.58. The summed E-state index contributed by atoms with van der Waals surface area (Å²) in [5.41, 5.74) is 0.559. The molecule has 25 heavy (non-hydrogen) atoms. The molecular formula is C17H25N5O3. The number of aromatic nitrogens is 2. The van der Waals surface area contributed by atoms with Crippen LogP contribution in [0.25, 0.3) is 0 Å². The zero-order valence-corrected chi connectivity index (χ0v) is 14.7. The number of hydrogen-bond acceptors (Lipinski definition) is 7. The fourth-order valence-corrected chi connectivity index (χ4v) is 3.62. The van der Waals surface area contributed by atoms with Crippen molar-refractivity contribution in [3.8, 4) is 0 Å². The molecule has 1 aromatic rings. The normalized spacial score (nSPS) is 24.0. The number of rotatable bonds is 2. The van der Waals surface area contributed by atoms with Crippen molar-refractivity contribution in [1.29, 1.82) is 0 Å². The highest BCUT2D eigenvalue weighted by atomic mass is 16.7. The lowest BCUT2D eigenvalue weighted by Gasteiger charge is -2.37. The Balaban J connectivity index is 1.36. The summed E-state index contributed by atoms with van der Waals surface area (Å²) >= 11 is 0. The van der Waals surface area contributed by atoms with Crippen LogP contribution in [0.3, 0.4) is 0 Å². The summed E-state index contributed by atoms with van der Waals surface area (Å²) in [6, 6.07) is 0. The van der Waals surface area contributed by atoms with Gasteiger partial charge in [-0.3, -0.25) is 4.79 Å². The van der Waals surface area contributed by atoms with Crippen LogP contribution in [0.4, 0.5) is 5.95 Å². The van der Waals surface area contributed by atoms with Gasteiger partial charge in [0.05, 0.1) is 18.8 Å². The summed E-state index contributed by atoms with van der Waals surface area (Å²) in [5.74, 6) is 0.293.